The molecule has 0 saturated carbocycles. The highest BCUT2D eigenvalue weighted by Crippen LogP contribution is 2.29. The lowest BCUT2D eigenvalue weighted by Gasteiger charge is -2.03. The zero-order valence-electron chi connectivity index (χ0n) is 6.21. The van der Waals surface area contributed by atoms with Crippen LogP contribution in [-0.4, -0.2) is 6.61 Å². The summed E-state index contributed by atoms with van der Waals surface area (Å²) in [5.41, 5.74) is 2.54. The molecule has 0 saturated heterocycles. The maximum absolute atomic E-state index is 5.47. The highest BCUT2D eigenvalue weighted by atomic mass is 32.1. The molecule has 0 unspecified atom stereocenters. The number of benzene rings is 1. The average Bonchev–Trinajstić information content (AvgIpc) is 2.50. The molecule has 1 aromatic rings. The van der Waals surface area contributed by atoms with Crippen LogP contribution in [-0.2, 0) is 12.2 Å². The van der Waals surface area contributed by atoms with Gasteiger partial charge in [-0.25, -0.2) is 0 Å². The van der Waals surface area contributed by atoms with Gasteiger partial charge in [0, 0.05) is 17.7 Å². The van der Waals surface area contributed by atoms with E-state index in [-0.39, 0.29) is 0 Å². The van der Waals surface area contributed by atoms with Crippen LogP contribution >= 0.6 is 12.6 Å². The topological polar surface area (TPSA) is 9.23 Å². The third-order valence-corrected chi connectivity index (χ3v) is 2.31. The van der Waals surface area contributed by atoms with Crippen LogP contribution in [0.4, 0.5) is 0 Å². The maximum atomic E-state index is 5.47. The number of fused-ring (bicyclic) bond motifs is 1. The summed E-state index contributed by atoms with van der Waals surface area (Å²) in [6.45, 7) is 0.833. The Morgan fingerprint density at radius 3 is 3.18 bits per heavy atom. The van der Waals surface area contributed by atoms with Gasteiger partial charge < -0.3 is 4.74 Å². The standard InChI is InChI=1S/C9H10OS/c11-6-8-3-1-2-7-4-5-10-9(7)8/h1-3,11H,4-6H2. The van der Waals surface area contributed by atoms with Gasteiger partial charge in [-0.05, 0) is 5.56 Å². The Kier molecular flexibility index (Phi) is 1.78. The van der Waals surface area contributed by atoms with Crippen LogP contribution in [0.5, 0.6) is 5.75 Å². The second-order valence-corrected chi connectivity index (χ2v) is 2.98. The lowest BCUT2D eigenvalue weighted by atomic mass is 10.1. The molecule has 0 fully saturated rings. The summed E-state index contributed by atoms with van der Waals surface area (Å²) in [7, 11) is 0. The molecule has 0 aromatic heterocycles. The lowest BCUT2D eigenvalue weighted by Crippen LogP contribution is -1.89. The molecule has 2 heteroatoms. The third kappa shape index (κ3) is 1.11. The molecule has 0 amide bonds. The summed E-state index contributed by atoms with van der Waals surface area (Å²) in [4.78, 5) is 0. The van der Waals surface area contributed by atoms with Crippen LogP contribution in [0.15, 0.2) is 18.2 Å². The fourth-order valence-corrected chi connectivity index (χ4v) is 1.66. The molecule has 0 radical (unpaired) electrons. The van der Waals surface area contributed by atoms with Crippen molar-refractivity contribution in [1.82, 2.24) is 0 Å². The minimum absolute atomic E-state index is 0.767. The molecule has 58 valence electrons. The van der Waals surface area contributed by atoms with Crippen molar-refractivity contribution in [2.24, 2.45) is 0 Å². The Labute approximate surface area is 71.8 Å². The van der Waals surface area contributed by atoms with Gasteiger partial charge >= 0.3 is 0 Å². The van der Waals surface area contributed by atoms with Crippen molar-refractivity contribution in [2.45, 2.75) is 12.2 Å². The van der Waals surface area contributed by atoms with Crippen molar-refractivity contribution in [3.05, 3.63) is 29.3 Å². The summed E-state index contributed by atoms with van der Waals surface area (Å²) >= 11 is 4.23. The number of hydrogen-bond acceptors (Lipinski definition) is 2. The van der Waals surface area contributed by atoms with Crippen molar-refractivity contribution in [2.75, 3.05) is 6.61 Å². The molecule has 1 nitrogen and oxygen atoms in total. The predicted molar refractivity (Wildman–Crippen MR) is 48.3 cm³/mol. The van der Waals surface area contributed by atoms with Crippen LogP contribution in [0.3, 0.4) is 0 Å². The zero-order chi connectivity index (χ0) is 7.68. The predicted octanol–water partition coefficient (Wildman–Crippen LogP) is 2.05. The first kappa shape index (κ1) is 7.04. The first-order valence-corrected chi connectivity index (χ1v) is 4.39. The molecule has 0 atom stereocenters. The second kappa shape index (κ2) is 2.78. The fourth-order valence-electron chi connectivity index (χ4n) is 1.41. The molecule has 1 aliphatic heterocycles. The van der Waals surface area contributed by atoms with Crippen molar-refractivity contribution >= 4 is 12.6 Å². The Morgan fingerprint density at radius 1 is 1.45 bits per heavy atom. The molecule has 1 aromatic carbocycles. The highest BCUT2D eigenvalue weighted by molar-refractivity contribution is 7.79. The Bertz CT molecular complexity index is 270. The van der Waals surface area contributed by atoms with Gasteiger partial charge in [0.25, 0.3) is 0 Å². The van der Waals surface area contributed by atoms with E-state index in [2.05, 4.69) is 30.8 Å². The summed E-state index contributed by atoms with van der Waals surface area (Å²) in [6, 6.07) is 6.26. The molecular weight excluding hydrogens is 156 g/mol. The van der Waals surface area contributed by atoms with Gasteiger partial charge in [0.2, 0.25) is 0 Å². The smallest absolute Gasteiger partial charge is 0.126 e. The molecule has 2 rings (SSSR count). The van der Waals surface area contributed by atoms with E-state index in [1.54, 1.807) is 0 Å². The van der Waals surface area contributed by atoms with Crippen LogP contribution in [0.1, 0.15) is 11.1 Å². The van der Waals surface area contributed by atoms with Gasteiger partial charge in [0.1, 0.15) is 5.75 Å². The summed E-state index contributed by atoms with van der Waals surface area (Å²) in [5, 5.41) is 0. The third-order valence-electron chi connectivity index (χ3n) is 1.97. The van der Waals surface area contributed by atoms with Crippen LogP contribution < -0.4 is 4.74 Å². The van der Waals surface area contributed by atoms with E-state index in [9.17, 15) is 0 Å². The van der Waals surface area contributed by atoms with Gasteiger partial charge in [-0.15, -0.1) is 0 Å². The molecule has 1 aliphatic rings. The number of para-hydroxylation sites is 1. The highest BCUT2D eigenvalue weighted by Gasteiger charge is 2.13. The van der Waals surface area contributed by atoms with Crippen LogP contribution in [0.2, 0.25) is 0 Å². The van der Waals surface area contributed by atoms with Gasteiger partial charge in [-0.3, -0.25) is 0 Å². The van der Waals surface area contributed by atoms with Crippen molar-refractivity contribution in [3.8, 4) is 5.75 Å². The first-order valence-electron chi connectivity index (χ1n) is 3.76. The van der Waals surface area contributed by atoms with E-state index in [4.69, 9.17) is 4.74 Å². The van der Waals surface area contributed by atoms with Crippen molar-refractivity contribution in [3.63, 3.8) is 0 Å². The zero-order valence-corrected chi connectivity index (χ0v) is 7.10. The van der Waals surface area contributed by atoms with Crippen molar-refractivity contribution < 1.29 is 4.74 Å². The summed E-state index contributed by atoms with van der Waals surface area (Å²) in [5.74, 6) is 1.84. The monoisotopic (exact) mass is 166 g/mol. The summed E-state index contributed by atoms with van der Waals surface area (Å²) < 4.78 is 5.47. The quantitative estimate of drug-likeness (QED) is 0.628. The van der Waals surface area contributed by atoms with Gasteiger partial charge in [-0.2, -0.15) is 12.6 Å². The second-order valence-electron chi connectivity index (χ2n) is 2.66. The summed E-state index contributed by atoms with van der Waals surface area (Å²) in [6.07, 6.45) is 1.05. The molecule has 0 bridgehead atoms. The van der Waals surface area contributed by atoms with E-state index in [0.29, 0.717) is 0 Å². The van der Waals surface area contributed by atoms with Gasteiger partial charge in [-0.1, -0.05) is 18.2 Å². The largest absolute Gasteiger partial charge is 0.493 e. The Morgan fingerprint density at radius 2 is 2.36 bits per heavy atom. The Balaban J connectivity index is 2.50. The van der Waals surface area contributed by atoms with E-state index in [0.717, 1.165) is 24.5 Å². The average molecular weight is 166 g/mol. The minimum atomic E-state index is 0.767. The maximum Gasteiger partial charge on any atom is 0.126 e. The number of hydrogen-bond donors (Lipinski definition) is 1. The number of ether oxygens (including phenoxy) is 1. The van der Waals surface area contributed by atoms with E-state index in [1.165, 1.54) is 11.1 Å². The molecule has 0 N–H and O–H groups in total. The number of thiol groups is 1. The molecule has 0 spiro atoms. The fraction of sp³-hybridized carbons (Fsp3) is 0.333. The van der Waals surface area contributed by atoms with Gasteiger partial charge in [0.15, 0.2) is 0 Å². The SMILES string of the molecule is SCc1cccc2c1OCC2. The molecule has 0 aliphatic carbocycles. The molecule has 1 heterocycles. The van der Waals surface area contributed by atoms with Crippen LogP contribution in [0, 0.1) is 0 Å². The van der Waals surface area contributed by atoms with Crippen molar-refractivity contribution in [1.29, 1.82) is 0 Å². The van der Waals surface area contributed by atoms with E-state index < -0.39 is 0 Å². The molecule has 11 heavy (non-hydrogen) atoms. The molecular formula is C9H10OS. The normalized spacial score (nSPS) is 14.3. The number of rotatable bonds is 1. The van der Waals surface area contributed by atoms with Gasteiger partial charge in [0.05, 0.1) is 6.61 Å². The first-order chi connectivity index (χ1) is 5.42. The van der Waals surface area contributed by atoms with E-state index in [1.807, 2.05) is 0 Å². The Hall–Kier alpha value is -0.630. The van der Waals surface area contributed by atoms with E-state index >= 15 is 0 Å². The van der Waals surface area contributed by atoms with Crippen LogP contribution in [0.25, 0.3) is 0 Å². The minimum Gasteiger partial charge on any atom is -0.493 e. The lowest BCUT2D eigenvalue weighted by molar-refractivity contribution is 0.354.